The van der Waals surface area contributed by atoms with Crippen molar-refractivity contribution in [3.63, 3.8) is 0 Å². The molecule has 0 bridgehead atoms. The first-order valence-electron chi connectivity index (χ1n) is 8.76. The molecule has 1 amide bonds. The standard InChI is InChI=1S/C21H20ClIN2O3/c1-3-8-28-20-18(23)10-14(11-19(20)27-4-2)9-15(13-24)21(26)25-17-7-5-6-16(22)12-17/h5-7,9-12H,3-4,8H2,1-2H3,(H,25,26)/b15-9+. The van der Waals surface area contributed by atoms with Gasteiger partial charge in [0.15, 0.2) is 11.5 Å². The van der Waals surface area contributed by atoms with Gasteiger partial charge in [-0.25, -0.2) is 0 Å². The maximum atomic E-state index is 12.5. The lowest BCUT2D eigenvalue weighted by atomic mass is 10.1. The number of anilines is 1. The number of hydrogen-bond donors (Lipinski definition) is 1. The smallest absolute Gasteiger partial charge is 0.266 e. The third-order valence-electron chi connectivity index (χ3n) is 3.54. The molecule has 2 aromatic carbocycles. The van der Waals surface area contributed by atoms with Crippen molar-refractivity contribution in [2.75, 3.05) is 18.5 Å². The highest BCUT2D eigenvalue weighted by atomic mass is 127. The van der Waals surface area contributed by atoms with E-state index in [1.807, 2.05) is 26.0 Å². The van der Waals surface area contributed by atoms with Gasteiger partial charge in [-0.2, -0.15) is 5.26 Å². The van der Waals surface area contributed by atoms with E-state index in [4.69, 9.17) is 21.1 Å². The molecule has 0 spiro atoms. The van der Waals surface area contributed by atoms with Crippen LogP contribution in [-0.4, -0.2) is 19.1 Å². The van der Waals surface area contributed by atoms with E-state index in [1.54, 1.807) is 30.3 Å². The molecule has 0 saturated carbocycles. The van der Waals surface area contributed by atoms with E-state index < -0.39 is 5.91 Å². The number of halogens is 2. The van der Waals surface area contributed by atoms with Crippen LogP contribution in [0.15, 0.2) is 42.0 Å². The van der Waals surface area contributed by atoms with E-state index >= 15 is 0 Å². The summed E-state index contributed by atoms with van der Waals surface area (Å²) in [5.41, 5.74) is 1.17. The molecule has 0 fully saturated rings. The van der Waals surface area contributed by atoms with Crippen molar-refractivity contribution in [1.82, 2.24) is 0 Å². The van der Waals surface area contributed by atoms with Gasteiger partial charge in [0.1, 0.15) is 11.6 Å². The molecule has 1 N–H and O–H groups in total. The fourth-order valence-electron chi connectivity index (χ4n) is 2.36. The van der Waals surface area contributed by atoms with Gasteiger partial charge in [-0.05, 0) is 77.9 Å². The lowest BCUT2D eigenvalue weighted by molar-refractivity contribution is -0.112. The van der Waals surface area contributed by atoms with Gasteiger partial charge in [0.05, 0.1) is 16.8 Å². The minimum absolute atomic E-state index is 0.0274. The zero-order valence-corrected chi connectivity index (χ0v) is 18.5. The molecule has 146 valence electrons. The average Bonchev–Trinajstić information content (AvgIpc) is 2.65. The summed E-state index contributed by atoms with van der Waals surface area (Å²) >= 11 is 8.09. The topological polar surface area (TPSA) is 71.3 Å². The number of carbonyl (C=O) groups excluding carboxylic acids is 1. The summed E-state index contributed by atoms with van der Waals surface area (Å²) in [5.74, 6) is 0.744. The van der Waals surface area contributed by atoms with Crippen molar-refractivity contribution >= 4 is 51.9 Å². The monoisotopic (exact) mass is 510 g/mol. The normalized spacial score (nSPS) is 10.9. The minimum Gasteiger partial charge on any atom is -0.490 e. The molecule has 0 aliphatic carbocycles. The van der Waals surface area contributed by atoms with Crippen molar-refractivity contribution in [1.29, 1.82) is 5.26 Å². The highest BCUT2D eigenvalue weighted by molar-refractivity contribution is 14.1. The van der Waals surface area contributed by atoms with Crippen molar-refractivity contribution in [2.45, 2.75) is 20.3 Å². The maximum Gasteiger partial charge on any atom is 0.266 e. The number of carbonyl (C=O) groups is 1. The van der Waals surface area contributed by atoms with E-state index in [-0.39, 0.29) is 5.57 Å². The molecule has 0 aliphatic heterocycles. The lowest BCUT2D eigenvalue weighted by Crippen LogP contribution is -2.13. The second-order valence-electron chi connectivity index (χ2n) is 5.75. The van der Waals surface area contributed by atoms with Crippen LogP contribution in [0.5, 0.6) is 11.5 Å². The molecule has 2 aromatic rings. The number of hydrogen-bond acceptors (Lipinski definition) is 4. The molecule has 2 rings (SSSR count). The summed E-state index contributed by atoms with van der Waals surface area (Å²) in [6.45, 7) is 4.98. The van der Waals surface area contributed by atoms with Crippen LogP contribution in [0.3, 0.4) is 0 Å². The van der Waals surface area contributed by atoms with Gasteiger partial charge >= 0.3 is 0 Å². The first-order valence-corrected chi connectivity index (χ1v) is 10.2. The zero-order valence-electron chi connectivity index (χ0n) is 15.6. The molecule has 0 atom stereocenters. The molecule has 0 heterocycles. The van der Waals surface area contributed by atoms with Gasteiger partial charge in [-0.3, -0.25) is 4.79 Å². The van der Waals surface area contributed by atoms with Crippen molar-refractivity contribution in [3.05, 3.63) is 56.1 Å². The number of nitrogens with one attached hydrogen (secondary N) is 1. The summed E-state index contributed by atoms with van der Waals surface area (Å²) in [6, 6.07) is 12.3. The van der Waals surface area contributed by atoms with E-state index in [0.29, 0.717) is 41.0 Å². The van der Waals surface area contributed by atoms with E-state index in [9.17, 15) is 10.1 Å². The summed E-state index contributed by atoms with van der Waals surface area (Å²) in [5, 5.41) is 12.6. The summed E-state index contributed by atoms with van der Waals surface area (Å²) in [7, 11) is 0. The Kier molecular flexibility index (Phi) is 8.61. The lowest BCUT2D eigenvalue weighted by Gasteiger charge is -2.14. The summed E-state index contributed by atoms with van der Waals surface area (Å²) in [6.07, 6.45) is 2.40. The Morgan fingerprint density at radius 3 is 2.71 bits per heavy atom. The Balaban J connectivity index is 2.32. The molecule has 0 aromatic heterocycles. The van der Waals surface area contributed by atoms with Gasteiger partial charge in [0.2, 0.25) is 0 Å². The number of ether oxygens (including phenoxy) is 2. The minimum atomic E-state index is -0.510. The number of benzene rings is 2. The Labute approximate surface area is 183 Å². The first kappa shape index (κ1) is 22.1. The Hall–Kier alpha value is -2.24. The average molecular weight is 511 g/mol. The van der Waals surface area contributed by atoms with Crippen molar-refractivity contribution in [3.8, 4) is 17.6 Å². The van der Waals surface area contributed by atoms with Gasteiger partial charge in [-0.15, -0.1) is 0 Å². The van der Waals surface area contributed by atoms with Gasteiger partial charge in [0, 0.05) is 10.7 Å². The first-order chi connectivity index (χ1) is 13.5. The fraction of sp³-hybridized carbons (Fsp3) is 0.238. The third-order valence-corrected chi connectivity index (χ3v) is 4.58. The molecule has 5 nitrogen and oxygen atoms in total. The highest BCUT2D eigenvalue weighted by Crippen LogP contribution is 2.35. The van der Waals surface area contributed by atoms with Crippen LogP contribution >= 0.6 is 34.2 Å². The molecule has 7 heteroatoms. The Morgan fingerprint density at radius 2 is 2.07 bits per heavy atom. The van der Waals surface area contributed by atoms with Crippen LogP contribution in [-0.2, 0) is 4.79 Å². The Bertz CT molecular complexity index is 922. The van der Waals surface area contributed by atoms with Crippen molar-refractivity contribution < 1.29 is 14.3 Å². The molecule has 0 radical (unpaired) electrons. The second kappa shape index (κ2) is 10.9. The Morgan fingerprint density at radius 1 is 1.29 bits per heavy atom. The van der Waals surface area contributed by atoms with Gasteiger partial charge in [-0.1, -0.05) is 24.6 Å². The van der Waals surface area contributed by atoms with Gasteiger partial charge < -0.3 is 14.8 Å². The van der Waals surface area contributed by atoms with Crippen LogP contribution in [0.4, 0.5) is 5.69 Å². The molecule has 0 unspecified atom stereocenters. The molecular weight excluding hydrogens is 491 g/mol. The summed E-state index contributed by atoms with van der Waals surface area (Å²) < 4.78 is 12.3. The van der Waals surface area contributed by atoms with Crippen LogP contribution in [0.1, 0.15) is 25.8 Å². The SMILES string of the molecule is CCCOc1c(I)cc(/C=C(\C#N)C(=O)Nc2cccc(Cl)c2)cc1OCC. The number of nitrogens with zero attached hydrogens (tertiary/aromatic N) is 1. The molecule has 0 saturated heterocycles. The van der Waals surface area contributed by atoms with Crippen LogP contribution < -0.4 is 14.8 Å². The number of rotatable bonds is 8. The van der Waals surface area contributed by atoms with Crippen LogP contribution in [0.25, 0.3) is 6.08 Å². The zero-order chi connectivity index (χ0) is 20.5. The van der Waals surface area contributed by atoms with E-state index in [0.717, 1.165) is 9.99 Å². The fourth-order valence-corrected chi connectivity index (χ4v) is 3.33. The number of amides is 1. The quantitative estimate of drug-likeness (QED) is 0.282. The maximum absolute atomic E-state index is 12.5. The van der Waals surface area contributed by atoms with Crippen molar-refractivity contribution in [2.24, 2.45) is 0 Å². The van der Waals surface area contributed by atoms with Crippen LogP contribution in [0, 0.1) is 14.9 Å². The largest absolute Gasteiger partial charge is 0.490 e. The highest BCUT2D eigenvalue weighted by Gasteiger charge is 2.14. The second-order valence-corrected chi connectivity index (χ2v) is 7.34. The van der Waals surface area contributed by atoms with Gasteiger partial charge in [0.25, 0.3) is 5.91 Å². The van der Waals surface area contributed by atoms with E-state index in [2.05, 4.69) is 27.9 Å². The predicted molar refractivity (Wildman–Crippen MR) is 120 cm³/mol. The molecular formula is C21H20ClIN2O3. The predicted octanol–water partition coefficient (Wildman–Crippen LogP) is 5.68. The molecule has 28 heavy (non-hydrogen) atoms. The van der Waals surface area contributed by atoms with Crippen LogP contribution in [0.2, 0.25) is 5.02 Å². The number of nitriles is 1. The van der Waals surface area contributed by atoms with E-state index in [1.165, 1.54) is 6.08 Å². The molecule has 0 aliphatic rings. The third kappa shape index (κ3) is 6.14. The summed E-state index contributed by atoms with van der Waals surface area (Å²) in [4.78, 5) is 12.5.